The van der Waals surface area contributed by atoms with Gasteiger partial charge in [0.15, 0.2) is 0 Å². The molecule has 1 unspecified atom stereocenters. The molecule has 1 aliphatic rings. The summed E-state index contributed by atoms with van der Waals surface area (Å²) in [5.41, 5.74) is 29.7. The van der Waals surface area contributed by atoms with Crippen LogP contribution in [0.5, 0.6) is 0 Å². The van der Waals surface area contributed by atoms with Crippen LogP contribution >= 0.6 is 11.3 Å². The lowest BCUT2D eigenvalue weighted by Crippen LogP contribution is -2.30. The Morgan fingerprint density at radius 3 is 1.12 bits per heavy atom. The second kappa shape index (κ2) is 36.1. The Labute approximate surface area is 749 Å². The molecule has 0 N–H and O–H groups in total. The van der Waals surface area contributed by atoms with E-state index in [4.69, 9.17) is 0 Å². The van der Waals surface area contributed by atoms with Gasteiger partial charge in [0.1, 0.15) is 0 Å². The molecule has 0 spiro atoms. The first kappa shape index (κ1) is 81.1. The van der Waals surface area contributed by atoms with E-state index < -0.39 is 0 Å². The maximum atomic E-state index is 2.57. The van der Waals surface area contributed by atoms with Gasteiger partial charge in [-0.15, -0.1) is 11.3 Å². The zero-order valence-corrected chi connectivity index (χ0v) is 70.4. The Bertz CT molecular complexity index is 7350. The summed E-state index contributed by atoms with van der Waals surface area (Å²) >= 11 is 1.88. The second-order valence-corrected chi connectivity index (χ2v) is 33.3. The number of anilines is 11. The van der Waals surface area contributed by atoms with Crippen molar-refractivity contribution < 1.29 is 0 Å². The third-order valence-electron chi connectivity index (χ3n) is 24.7. The van der Waals surface area contributed by atoms with Crippen molar-refractivity contribution in [3.63, 3.8) is 0 Å². The van der Waals surface area contributed by atoms with Crippen molar-refractivity contribution in [2.45, 2.75) is 47.1 Å². The lowest BCUT2D eigenvalue weighted by molar-refractivity contribution is 0.786. The van der Waals surface area contributed by atoms with Gasteiger partial charge < -0.3 is 24.2 Å². The summed E-state index contributed by atoms with van der Waals surface area (Å²) in [4.78, 5) is 9.64. The SMILES string of the molecule is C.C.Cc1cc(N(c2ccccc2)c2ccc(N(c3ccccc3)c3ccccc3)cc2)c2ccccc2c1-c1c(C)cc(N(c2ccc(C(c3ccccc3)c3ccccc3)cc2)C2C=CC=CC2)c2ccccc12.c1ccc(N(c2ccc(-c3ccc(-n4c5ccccc5c5ccccc54)cc3)cc2)c2ccc(-c3cccc4c3sc3ccccc34)cc2)cc1. The third kappa shape index (κ3) is 15.7. The molecule has 0 fully saturated rings. The number of thiophene rings is 1. The minimum absolute atomic E-state index is 0. The van der Waals surface area contributed by atoms with E-state index in [0.717, 1.165) is 63.3 Å². The fraction of sp³-hybridized carbons (Fsp3) is 0.0579. The van der Waals surface area contributed by atoms with Crippen LogP contribution in [0, 0.1) is 13.8 Å². The highest BCUT2D eigenvalue weighted by atomic mass is 32.1. The molecule has 2 heterocycles. The Morgan fingerprint density at radius 1 is 0.283 bits per heavy atom. The summed E-state index contributed by atoms with van der Waals surface area (Å²) in [6.07, 6.45) is 9.94. The van der Waals surface area contributed by atoms with E-state index in [0.29, 0.717) is 0 Å². The van der Waals surface area contributed by atoms with Gasteiger partial charge in [-0.1, -0.05) is 342 Å². The van der Waals surface area contributed by atoms with Crippen molar-refractivity contribution in [2.24, 2.45) is 0 Å². The molecule has 21 aromatic rings. The zero-order chi connectivity index (χ0) is 83.5. The monoisotopic (exact) mass is 1650 g/mol. The van der Waals surface area contributed by atoms with Crippen molar-refractivity contribution in [1.82, 2.24) is 4.57 Å². The minimum atomic E-state index is 0. The normalized spacial score (nSPS) is 12.3. The second-order valence-electron chi connectivity index (χ2n) is 32.3. The first-order valence-electron chi connectivity index (χ1n) is 43.2. The van der Waals surface area contributed by atoms with E-state index in [1.807, 2.05) is 11.3 Å². The number of nitrogens with zero attached hydrogens (tertiary/aromatic N) is 5. The summed E-state index contributed by atoms with van der Waals surface area (Å²) in [5.74, 6) is 0.125. The van der Waals surface area contributed by atoms with Crippen LogP contribution in [-0.2, 0) is 0 Å². The highest BCUT2D eigenvalue weighted by Gasteiger charge is 2.28. The minimum Gasteiger partial charge on any atom is -0.334 e. The molecule has 1 atom stereocenters. The van der Waals surface area contributed by atoms with Crippen LogP contribution in [0.1, 0.15) is 55.0 Å². The lowest BCUT2D eigenvalue weighted by Gasteiger charge is -2.35. The fourth-order valence-electron chi connectivity index (χ4n) is 18.9. The van der Waals surface area contributed by atoms with Crippen LogP contribution in [0.3, 0.4) is 0 Å². The lowest BCUT2D eigenvalue weighted by atomic mass is 9.85. The van der Waals surface area contributed by atoms with Crippen LogP contribution in [-0.4, -0.2) is 10.6 Å². The molecule has 0 aliphatic heterocycles. The molecule has 127 heavy (non-hydrogen) atoms. The average Bonchev–Trinajstić information content (AvgIpc) is 0.935. The molecule has 0 bridgehead atoms. The molecular weight excluding hydrogens is 1560 g/mol. The largest absolute Gasteiger partial charge is 0.334 e. The molecule has 0 radical (unpaired) electrons. The molecule has 0 amide bonds. The number of benzene rings is 19. The molecule has 0 saturated carbocycles. The van der Waals surface area contributed by atoms with Gasteiger partial charge in [0.25, 0.3) is 0 Å². The smallest absolute Gasteiger partial charge is 0.0560 e. The number of allylic oxidation sites excluding steroid dienone is 2. The topological polar surface area (TPSA) is 17.9 Å². The Balaban J connectivity index is 0.000000174. The molecule has 19 aromatic carbocycles. The number of aromatic nitrogens is 1. The van der Waals surface area contributed by atoms with Crippen molar-refractivity contribution >= 4 is 137 Å². The van der Waals surface area contributed by atoms with Crippen molar-refractivity contribution in [3.05, 3.63) is 507 Å². The van der Waals surface area contributed by atoms with Crippen LogP contribution < -0.4 is 19.6 Å². The number of fused-ring (bicyclic) bond motifs is 8. The predicted molar refractivity (Wildman–Crippen MR) is 548 cm³/mol. The van der Waals surface area contributed by atoms with Gasteiger partial charge in [-0.3, -0.25) is 0 Å². The van der Waals surface area contributed by atoms with Gasteiger partial charge in [-0.25, -0.2) is 0 Å². The summed E-state index contributed by atoms with van der Waals surface area (Å²) in [7, 11) is 0. The molecule has 612 valence electrons. The average molecular weight is 1650 g/mol. The number of hydrogen-bond acceptors (Lipinski definition) is 5. The maximum Gasteiger partial charge on any atom is 0.0560 e. The van der Waals surface area contributed by atoms with E-state index in [1.165, 1.54) is 136 Å². The Morgan fingerprint density at radius 2 is 0.638 bits per heavy atom. The van der Waals surface area contributed by atoms with Crippen molar-refractivity contribution in [3.8, 4) is 39.1 Å². The first-order chi connectivity index (χ1) is 61.9. The van der Waals surface area contributed by atoms with Crippen molar-refractivity contribution in [2.75, 3.05) is 19.6 Å². The number of rotatable bonds is 19. The van der Waals surface area contributed by atoms with Crippen LogP contribution in [0.2, 0.25) is 0 Å². The molecule has 1 aliphatic carbocycles. The van der Waals surface area contributed by atoms with Crippen LogP contribution in [0.4, 0.5) is 62.6 Å². The van der Waals surface area contributed by atoms with Gasteiger partial charge in [0.05, 0.1) is 22.8 Å². The standard InChI is InChI=1S/C71H57N3.C48H32N2S.2CH4/c1-51-49-67(73(58-33-17-7-18-34-58)61-43-41-55(42-44-61)71(53-25-9-3-10-26-53)54-27-11-4-12-28-54)63-37-21-23-39-65(63)69(51)70-52(2)50-68(64-38-22-24-40-66(64)70)74(59-35-19-8-20-36-59)62-47-45-60(46-48-62)72(56-29-13-5-14-30-56)57-31-15-6-16-32-57;1-2-11-36(12-3-1)49(38-31-25-35(26-32-38)40-16-10-17-44-43-15-6-9-20-47(43)51-48(40)44)37-27-21-33(22-28-37)34-23-29-39(30-24-34)50-45-18-7-4-13-41(45)42-14-5-8-19-46(42)50;;/h3-33,35-50,58,71H,34H2,1-2H3;1-32H;2*1H4. The fourth-order valence-corrected chi connectivity index (χ4v) is 20.2. The summed E-state index contributed by atoms with van der Waals surface area (Å²) in [5, 5.41) is 10.1. The van der Waals surface area contributed by atoms with Gasteiger partial charge in [-0.05, 0) is 244 Å². The quantitative estimate of drug-likeness (QED) is 0.0751. The van der Waals surface area contributed by atoms with E-state index >= 15 is 0 Å². The van der Waals surface area contributed by atoms with E-state index in [9.17, 15) is 0 Å². The van der Waals surface area contributed by atoms with Crippen LogP contribution in [0.15, 0.2) is 479 Å². The van der Waals surface area contributed by atoms with E-state index in [2.05, 4.69) is 517 Å². The number of hydrogen-bond donors (Lipinski definition) is 0. The van der Waals surface area contributed by atoms with E-state index in [1.54, 1.807) is 0 Å². The summed E-state index contributed by atoms with van der Waals surface area (Å²) < 4.78 is 5.03. The molecule has 5 nitrogen and oxygen atoms in total. The summed E-state index contributed by atoms with van der Waals surface area (Å²) in [6.45, 7) is 4.60. The summed E-state index contributed by atoms with van der Waals surface area (Å²) in [6, 6.07) is 165. The third-order valence-corrected chi connectivity index (χ3v) is 25.9. The highest BCUT2D eigenvalue weighted by Crippen LogP contribution is 2.51. The van der Waals surface area contributed by atoms with E-state index in [-0.39, 0.29) is 26.8 Å². The van der Waals surface area contributed by atoms with Gasteiger partial charge in [0, 0.05) is 110 Å². The molecule has 2 aromatic heterocycles. The maximum absolute atomic E-state index is 2.57. The Kier molecular flexibility index (Phi) is 23.0. The number of para-hydroxylation sites is 6. The van der Waals surface area contributed by atoms with Gasteiger partial charge in [-0.2, -0.15) is 0 Å². The van der Waals surface area contributed by atoms with Gasteiger partial charge in [0.2, 0.25) is 0 Å². The molecule has 6 heteroatoms. The zero-order valence-electron chi connectivity index (χ0n) is 69.6. The highest BCUT2D eigenvalue weighted by molar-refractivity contribution is 7.26. The predicted octanol–water partition coefficient (Wildman–Crippen LogP) is 34.6. The van der Waals surface area contributed by atoms with Crippen LogP contribution in [0.25, 0.3) is 103 Å². The molecule has 0 saturated heterocycles. The molecular formula is C121H97N5S. The van der Waals surface area contributed by atoms with Gasteiger partial charge >= 0.3 is 0 Å². The Hall–Kier alpha value is -15.6. The first-order valence-corrected chi connectivity index (χ1v) is 44.0. The van der Waals surface area contributed by atoms with Crippen molar-refractivity contribution in [1.29, 1.82) is 0 Å². The number of aryl methyl sites for hydroxylation is 2. The molecule has 22 rings (SSSR count).